The minimum atomic E-state index is 0.570. The SMILES string of the molecule is N#CC(=Cc1ccc(-c2ccccc2)cc1)c1nc(-c2ccc(Br)cc2)cs1. The van der Waals surface area contributed by atoms with Crippen molar-refractivity contribution in [3.8, 4) is 28.5 Å². The summed E-state index contributed by atoms with van der Waals surface area (Å²) in [5, 5.41) is 12.3. The number of nitrogens with zero attached hydrogens (tertiary/aromatic N) is 2. The third kappa shape index (κ3) is 4.12. The van der Waals surface area contributed by atoms with Gasteiger partial charge < -0.3 is 0 Å². The van der Waals surface area contributed by atoms with Crippen LogP contribution >= 0.6 is 27.3 Å². The summed E-state index contributed by atoms with van der Waals surface area (Å²) in [5.74, 6) is 0. The summed E-state index contributed by atoms with van der Waals surface area (Å²) in [6, 6.07) is 28.8. The third-order valence-corrected chi connectivity index (χ3v) is 5.73. The number of nitriles is 1. The Morgan fingerprint density at radius 1 is 0.857 bits per heavy atom. The molecule has 4 rings (SSSR count). The number of halogens is 1. The van der Waals surface area contributed by atoms with Gasteiger partial charge in [-0.2, -0.15) is 5.26 Å². The topological polar surface area (TPSA) is 36.7 Å². The van der Waals surface area contributed by atoms with Crippen LogP contribution in [0.5, 0.6) is 0 Å². The van der Waals surface area contributed by atoms with Crippen LogP contribution in [0.25, 0.3) is 34.0 Å². The van der Waals surface area contributed by atoms with Crippen molar-refractivity contribution in [2.45, 2.75) is 0 Å². The van der Waals surface area contributed by atoms with Crippen LogP contribution < -0.4 is 0 Å². The number of aromatic nitrogens is 1. The molecule has 0 N–H and O–H groups in total. The highest BCUT2D eigenvalue weighted by atomic mass is 79.9. The van der Waals surface area contributed by atoms with E-state index in [0.29, 0.717) is 5.57 Å². The quantitative estimate of drug-likeness (QED) is 0.310. The van der Waals surface area contributed by atoms with Crippen LogP contribution in [0.1, 0.15) is 10.6 Å². The maximum atomic E-state index is 9.63. The molecule has 0 saturated carbocycles. The van der Waals surface area contributed by atoms with Gasteiger partial charge in [0.05, 0.1) is 11.3 Å². The molecule has 2 nitrogen and oxygen atoms in total. The molecule has 3 aromatic carbocycles. The van der Waals surface area contributed by atoms with Gasteiger partial charge in [0.1, 0.15) is 11.1 Å². The van der Waals surface area contributed by atoms with Crippen molar-refractivity contribution in [2.75, 3.05) is 0 Å². The zero-order chi connectivity index (χ0) is 19.3. The Labute approximate surface area is 176 Å². The second-order valence-electron chi connectivity index (χ2n) is 6.20. The van der Waals surface area contributed by atoms with Gasteiger partial charge in [-0.25, -0.2) is 4.98 Å². The van der Waals surface area contributed by atoms with Crippen LogP contribution in [0.3, 0.4) is 0 Å². The molecular formula is C24H15BrN2S. The molecule has 0 atom stereocenters. The van der Waals surface area contributed by atoms with E-state index in [-0.39, 0.29) is 0 Å². The Morgan fingerprint density at radius 2 is 1.50 bits per heavy atom. The Bertz CT molecular complexity index is 1150. The lowest BCUT2D eigenvalue weighted by molar-refractivity contribution is 1.37. The highest BCUT2D eigenvalue weighted by molar-refractivity contribution is 9.10. The van der Waals surface area contributed by atoms with Gasteiger partial charge in [0.2, 0.25) is 0 Å². The Balaban J connectivity index is 1.60. The Morgan fingerprint density at radius 3 is 2.18 bits per heavy atom. The first kappa shape index (κ1) is 18.4. The largest absolute Gasteiger partial charge is 0.235 e. The van der Waals surface area contributed by atoms with E-state index >= 15 is 0 Å². The van der Waals surface area contributed by atoms with Gasteiger partial charge in [0.15, 0.2) is 0 Å². The number of hydrogen-bond donors (Lipinski definition) is 0. The predicted octanol–water partition coefficient (Wildman–Crippen LogP) is 7.30. The normalized spacial score (nSPS) is 11.2. The number of allylic oxidation sites excluding steroid dienone is 1. The summed E-state index contributed by atoms with van der Waals surface area (Å²) in [6.45, 7) is 0. The molecule has 4 heteroatoms. The average Bonchev–Trinajstić information content (AvgIpc) is 3.23. The molecule has 1 aromatic heterocycles. The lowest BCUT2D eigenvalue weighted by Gasteiger charge is -2.02. The van der Waals surface area contributed by atoms with E-state index in [1.54, 1.807) is 0 Å². The van der Waals surface area contributed by atoms with Crippen LogP contribution in [0.4, 0.5) is 0 Å². The molecule has 28 heavy (non-hydrogen) atoms. The molecule has 0 unspecified atom stereocenters. The van der Waals surface area contributed by atoms with Gasteiger partial charge in [-0.3, -0.25) is 0 Å². The molecule has 0 aliphatic rings. The summed E-state index contributed by atoms with van der Waals surface area (Å²) >= 11 is 4.93. The standard InChI is InChI=1S/C24H15BrN2S/c25-22-12-10-20(11-13-22)23-16-28-24(27-23)21(15-26)14-17-6-8-19(9-7-17)18-4-2-1-3-5-18/h1-14,16H. The molecular weight excluding hydrogens is 428 g/mol. The average molecular weight is 443 g/mol. The first-order valence-electron chi connectivity index (χ1n) is 8.72. The van der Waals surface area contributed by atoms with Gasteiger partial charge in [-0.05, 0) is 34.9 Å². The summed E-state index contributed by atoms with van der Waals surface area (Å²) in [4.78, 5) is 4.66. The zero-order valence-electron chi connectivity index (χ0n) is 14.8. The molecule has 4 aromatic rings. The van der Waals surface area contributed by atoms with E-state index in [0.717, 1.165) is 31.9 Å². The summed E-state index contributed by atoms with van der Waals surface area (Å²) in [5.41, 5.74) is 5.81. The van der Waals surface area contributed by atoms with E-state index in [1.807, 2.05) is 66.1 Å². The lowest BCUT2D eigenvalue weighted by Crippen LogP contribution is -1.83. The molecule has 0 radical (unpaired) electrons. The first-order valence-corrected chi connectivity index (χ1v) is 10.4. The van der Waals surface area contributed by atoms with Gasteiger partial charge in [-0.1, -0.05) is 82.7 Å². The molecule has 134 valence electrons. The van der Waals surface area contributed by atoms with Crippen LogP contribution in [-0.4, -0.2) is 4.98 Å². The molecule has 0 spiro atoms. The van der Waals surface area contributed by atoms with E-state index < -0.39 is 0 Å². The van der Waals surface area contributed by atoms with Gasteiger partial charge in [0, 0.05) is 15.4 Å². The zero-order valence-corrected chi connectivity index (χ0v) is 17.2. The first-order chi connectivity index (χ1) is 13.7. The minimum absolute atomic E-state index is 0.570. The number of rotatable bonds is 4. The van der Waals surface area contributed by atoms with Crippen molar-refractivity contribution in [3.05, 3.63) is 99.3 Å². The number of hydrogen-bond acceptors (Lipinski definition) is 3. The van der Waals surface area contributed by atoms with Crippen molar-refractivity contribution >= 4 is 38.9 Å². The Hall–Kier alpha value is -3.00. The van der Waals surface area contributed by atoms with Crippen LogP contribution in [0.2, 0.25) is 0 Å². The van der Waals surface area contributed by atoms with Gasteiger partial charge in [-0.15, -0.1) is 11.3 Å². The summed E-state index contributed by atoms with van der Waals surface area (Å²) in [6.07, 6.45) is 1.89. The third-order valence-electron chi connectivity index (χ3n) is 4.32. The van der Waals surface area contributed by atoms with Crippen LogP contribution in [0, 0.1) is 11.3 Å². The van der Waals surface area contributed by atoms with E-state index in [1.165, 1.54) is 16.9 Å². The molecule has 0 aliphatic carbocycles. The highest BCUT2D eigenvalue weighted by Crippen LogP contribution is 2.28. The summed E-state index contributed by atoms with van der Waals surface area (Å²) < 4.78 is 1.03. The van der Waals surface area contributed by atoms with Crippen molar-refractivity contribution in [3.63, 3.8) is 0 Å². The molecule has 0 saturated heterocycles. The fourth-order valence-electron chi connectivity index (χ4n) is 2.86. The van der Waals surface area contributed by atoms with Crippen molar-refractivity contribution in [2.24, 2.45) is 0 Å². The maximum absolute atomic E-state index is 9.63. The van der Waals surface area contributed by atoms with Crippen molar-refractivity contribution in [1.82, 2.24) is 4.98 Å². The van der Waals surface area contributed by atoms with E-state index in [2.05, 4.69) is 51.2 Å². The van der Waals surface area contributed by atoms with Crippen LogP contribution in [-0.2, 0) is 0 Å². The maximum Gasteiger partial charge on any atom is 0.134 e. The fourth-order valence-corrected chi connectivity index (χ4v) is 3.92. The smallest absolute Gasteiger partial charge is 0.134 e. The van der Waals surface area contributed by atoms with Crippen molar-refractivity contribution < 1.29 is 0 Å². The number of thiazole rings is 1. The molecule has 1 heterocycles. The molecule has 0 aliphatic heterocycles. The second-order valence-corrected chi connectivity index (χ2v) is 7.98. The highest BCUT2D eigenvalue weighted by Gasteiger charge is 2.09. The summed E-state index contributed by atoms with van der Waals surface area (Å²) in [7, 11) is 0. The van der Waals surface area contributed by atoms with Crippen molar-refractivity contribution in [1.29, 1.82) is 5.26 Å². The van der Waals surface area contributed by atoms with Gasteiger partial charge in [0.25, 0.3) is 0 Å². The lowest BCUT2D eigenvalue weighted by atomic mass is 10.0. The second kappa shape index (κ2) is 8.35. The van der Waals surface area contributed by atoms with E-state index in [9.17, 15) is 5.26 Å². The van der Waals surface area contributed by atoms with Crippen LogP contribution in [0.15, 0.2) is 88.7 Å². The molecule has 0 fully saturated rings. The Kier molecular flexibility index (Phi) is 5.48. The fraction of sp³-hybridized carbons (Fsp3) is 0. The monoisotopic (exact) mass is 442 g/mol. The minimum Gasteiger partial charge on any atom is -0.235 e. The van der Waals surface area contributed by atoms with E-state index in [4.69, 9.17) is 0 Å². The predicted molar refractivity (Wildman–Crippen MR) is 121 cm³/mol. The molecule has 0 bridgehead atoms. The molecule has 0 amide bonds. The van der Waals surface area contributed by atoms with Gasteiger partial charge >= 0.3 is 0 Å². The number of benzene rings is 3.